The maximum absolute atomic E-state index is 12.0. The van der Waals surface area contributed by atoms with Crippen LogP contribution in [0.1, 0.15) is 11.1 Å². The molecule has 0 radical (unpaired) electrons. The molecule has 0 fully saturated rings. The van der Waals surface area contributed by atoms with Crippen LogP contribution in [-0.2, 0) is 20.2 Å². The maximum Gasteiger partial charge on any atom is 1.00 e. The quantitative estimate of drug-likeness (QED) is 0.0776. The second-order valence-corrected chi connectivity index (χ2v) is 11.8. The molecule has 0 aliphatic heterocycles. The number of rotatable bonds is 8. The van der Waals surface area contributed by atoms with E-state index in [2.05, 4.69) is 30.6 Å². The van der Waals surface area contributed by atoms with E-state index in [1.165, 1.54) is 48.6 Å². The molecule has 4 aromatic rings. The van der Waals surface area contributed by atoms with Crippen LogP contribution in [0.25, 0.3) is 12.2 Å². The van der Waals surface area contributed by atoms with Gasteiger partial charge in [-0.2, -0.15) is 0 Å². The van der Waals surface area contributed by atoms with Gasteiger partial charge in [-0.3, -0.25) is 0 Å². The third-order valence-corrected chi connectivity index (χ3v) is 7.40. The zero-order valence-electron chi connectivity index (χ0n) is 21.3. The van der Waals surface area contributed by atoms with Crippen molar-refractivity contribution >= 4 is 102 Å². The van der Waals surface area contributed by atoms with Gasteiger partial charge < -0.3 is 19.7 Å². The Bertz CT molecular complexity index is 1710. The molecule has 0 saturated heterocycles. The molecule has 4 rings (SSSR count). The molecule has 0 saturated carbocycles. The second-order valence-electron chi connectivity index (χ2n) is 7.69. The Morgan fingerprint density at radius 3 is 1.26 bits per heavy atom. The molecule has 42 heavy (non-hydrogen) atoms. The summed E-state index contributed by atoms with van der Waals surface area (Å²) >= 11 is 23.2. The van der Waals surface area contributed by atoms with E-state index in [0.29, 0.717) is 0 Å². The van der Waals surface area contributed by atoms with Crippen molar-refractivity contribution in [2.45, 2.75) is 9.79 Å². The van der Waals surface area contributed by atoms with Crippen molar-refractivity contribution in [3.05, 3.63) is 80.5 Å². The predicted molar refractivity (Wildman–Crippen MR) is 148 cm³/mol. The number of anilines is 4. The Balaban J connectivity index is 0.00000308. The van der Waals surface area contributed by atoms with E-state index in [0.717, 1.165) is 12.1 Å². The number of hydrogen-bond acceptors (Lipinski definition) is 12. The first-order valence-corrected chi connectivity index (χ1v) is 14.8. The number of benzene rings is 2. The van der Waals surface area contributed by atoms with E-state index in [1.807, 2.05) is 0 Å². The molecule has 0 atom stereocenters. The van der Waals surface area contributed by atoms with Crippen molar-refractivity contribution < 1.29 is 85.1 Å². The topological polar surface area (TPSA) is 190 Å². The third kappa shape index (κ3) is 10.2. The molecule has 20 heteroatoms. The van der Waals surface area contributed by atoms with E-state index in [4.69, 9.17) is 46.4 Å². The average molecular weight is 708 g/mol. The summed E-state index contributed by atoms with van der Waals surface area (Å²) in [7, 11) is -10.0. The summed E-state index contributed by atoms with van der Waals surface area (Å²) in [6.45, 7) is 0. The summed E-state index contributed by atoms with van der Waals surface area (Å²) in [5.74, 6) is 0.265. The van der Waals surface area contributed by atoms with Crippen LogP contribution < -0.4 is 69.7 Å². The van der Waals surface area contributed by atoms with E-state index in [-0.39, 0.29) is 114 Å². The van der Waals surface area contributed by atoms with Crippen LogP contribution in [0.4, 0.5) is 23.0 Å². The summed E-state index contributed by atoms with van der Waals surface area (Å²) in [5.41, 5.74) is 0.142. The average Bonchev–Trinajstić information content (AvgIpc) is 2.81. The predicted octanol–water partition coefficient (Wildman–Crippen LogP) is -0.646. The fraction of sp³-hybridized carbons (Fsp3) is 0. The molecule has 0 bridgehead atoms. The van der Waals surface area contributed by atoms with Crippen molar-refractivity contribution in [2.75, 3.05) is 10.6 Å². The van der Waals surface area contributed by atoms with Gasteiger partial charge in [-0.1, -0.05) is 47.5 Å². The van der Waals surface area contributed by atoms with E-state index >= 15 is 0 Å². The van der Waals surface area contributed by atoms with Crippen LogP contribution in [0.2, 0.25) is 20.9 Å². The Hall–Kier alpha value is -1.08. The van der Waals surface area contributed by atoms with Crippen LogP contribution in [-0.4, -0.2) is 45.9 Å². The first-order valence-electron chi connectivity index (χ1n) is 10.5. The van der Waals surface area contributed by atoms with Gasteiger partial charge in [0.25, 0.3) is 0 Å². The Morgan fingerprint density at radius 1 is 0.595 bits per heavy atom. The van der Waals surface area contributed by atoms with Crippen molar-refractivity contribution in [2.24, 2.45) is 0 Å². The van der Waals surface area contributed by atoms with Crippen molar-refractivity contribution in [3.8, 4) is 0 Å². The maximum atomic E-state index is 12.0. The summed E-state index contributed by atoms with van der Waals surface area (Å²) < 4.78 is 72.0. The third-order valence-electron chi connectivity index (χ3n) is 4.89. The normalized spacial score (nSPS) is 11.5. The molecule has 0 unspecified atom stereocenters. The first-order chi connectivity index (χ1) is 18.7. The van der Waals surface area contributed by atoms with Gasteiger partial charge >= 0.3 is 59.1 Å². The van der Waals surface area contributed by atoms with Crippen LogP contribution >= 0.6 is 46.4 Å². The molecule has 208 valence electrons. The van der Waals surface area contributed by atoms with Crippen molar-refractivity contribution in [1.29, 1.82) is 0 Å². The SMILES string of the molecule is O=S(=O)([O-])c1cc(Nc2cc(Cl)nc(Cl)n2)ccc1C=Cc1ccc(Nc2cc(Cl)nc(Cl)n2)cc1S(=O)(=O)[O-].[Na+].[Na+]. The van der Waals surface area contributed by atoms with E-state index in [9.17, 15) is 25.9 Å². The van der Waals surface area contributed by atoms with Crippen LogP contribution in [0.3, 0.4) is 0 Å². The number of nitrogens with one attached hydrogen (secondary N) is 2. The Kier molecular flexibility index (Phi) is 13.5. The van der Waals surface area contributed by atoms with Crippen LogP contribution in [0.15, 0.2) is 58.3 Å². The number of aromatic nitrogens is 4. The zero-order chi connectivity index (χ0) is 29.2. The molecule has 0 aliphatic carbocycles. The number of hydrogen-bond donors (Lipinski definition) is 2. The molecular weight excluding hydrogens is 696 g/mol. The van der Waals surface area contributed by atoms with E-state index in [1.54, 1.807) is 0 Å². The van der Waals surface area contributed by atoms with Gasteiger partial charge in [0.1, 0.15) is 42.2 Å². The molecule has 2 aromatic carbocycles. The summed E-state index contributed by atoms with van der Waals surface area (Å²) in [6.07, 6.45) is 2.35. The van der Waals surface area contributed by atoms with Gasteiger partial charge in [-0.05, 0) is 58.6 Å². The molecule has 2 N–H and O–H groups in total. The van der Waals surface area contributed by atoms with Crippen LogP contribution in [0.5, 0.6) is 0 Å². The molecule has 0 amide bonds. The monoisotopic (exact) mass is 706 g/mol. The van der Waals surface area contributed by atoms with Gasteiger partial charge in [0.05, 0.1) is 9.79 Å². The van der Waals surface area contributed by atoms with Crippen LogP contribution in [0, 0.1) is 0 Å². The Labute approximate surface area is 304 Å². The van der Waals surface area contributed by atoms with Gasteiger partial charge in [0.2, 0.25) is 10.6 Å². The fourth-order valence-electron chi connectivity index (χ4n) is 3.32. The van der Waals surface area contributed by atoms with Gasteiger partial charge in [0, 0.05) is 23.5 Å². The largest absolute Gasteiger partial charge is 1.00 e. The molecular formula is C22H12Cl4N6Na2O6S2. The molecule has 2 aromatic heterocycles. The number of nitrogens with zero attached hydrogens (tertiary/aromatic N) is 4. The first kappa shape index (κ1) is 37.1. The van der Waals surface area contributed by atoms with E-state index < -0.39 is 30.0 Å². The zero-order valence-corrected chi connectivity index (χ0v) is 30.0. The van der Waals surface area contributed by atoms with Gasteiger partial charge in [-0.15, -0.1) is 0 Å². The minimum atomic E-state index is -5.01. The summed E-state index contributed by atoms with van der Waals surface area (Å²) in [4.78, 5) is 13.9. The molecule has 12 nitrogen and oxygen atoms in total. The Morgan fingerprint density at radius 2 is 0.952 bits per heavy atom. The minimum absolute atomic E-state index is 0. The smallest absolute Gasteiger partial charge is 0.744 e. The summed E-state index contributed by atoms with van der Waals surface area (Å²) in [6, 6.07) is 10.2. The number of halogens is 4. The van der Waals surface area contributed by atoms with Gasteiger partial charge in [0.15, 0.2) is 0 Å². The standard InChI is InChI=1S/C22H14Cl4N6O6S2.2Na/c23-17-9-19(31-21(25)29-17)27-13-5-3-11(15(7-13)39(33,34)35)1-2-12-4-6-14(8-16(12)40(36,37)38)28-20-10-18(24)30-22(26)32-20;;/h1-10H,(H,27,29,31)(H,28,30,32)(H,33,34,35)(H,36,37,38);;/q;2*+1/p-2. The fourth-order valence-corrected chi connectivity index (χ4v) is 5.53. The van der Waals surface area contributed by atoms with Crippen molar-refractivity contribution in [1.82, 2.24) is 19.9 Å². The second kappa shape index (κ2) is 15.3. The molecule has 0 spiro atoms. The molecule has 0 aliphatic rings. The molecule has 2 heterocycles. The van der Waals surface area contributed by atoms with Crippen molar-refractivity contribution in [3.63, 3.8) is 0 Å². The minimum Gasteiger partial charge on any atom is -0.744 e. The van der Waals surface area contributed by atoms with Gasteiger partial charge in [-0.25, -0.2) is 36.8 Å². The summed E-state index contributed by atoms with van der Waals surface area (Å²) in [5, 5.41) is 5.23.